The van der Waals surface area contributed by atoms with Crippen molar-refractivity contribution in [2.45, 2.75) is 11.8 Å². The molecule has 4 rings (SSSR count). The Balaban J connectivity index is 2.06. The zero-order valence-electron chi connectivity index (χ0n) is 15.0. The number of aliphatic hydroxyl groups excluding tert-OH is 1. The van der Waals surface area contributed by atoms with Crippen molar-refractivity contribution in [2.24, 2.45) is 0 Å². The van der Waals surface area contributed by atoms with Crippen molar-refractivity contribution in [3.8, 4) is 0 Å². The molecule has 0 saturated carbocycles. The summed E-state index contributed by atoms with van der Waals surface area (Å²) in [6.07, 6.45) is 2.39. The van der Waals surface area contributed by atoms with E-state index in [2.05, 4.69) is 77.8 Å². The standard InChI is InChI=1S/C24H22N2O/c27-17-16-22-18-25-23(26-22)24(19-10-4-1-5-11-19,20-12-6-2-7-13-20)21-14-8-3-9-15-21/h1-15,18,27H,16-17H2,(H,25,26). The Kier molecular flexibility index (Phi) is 4.86. The lowest BCUT2D eigenvalue weighted by Gasteiger charge is -2.34. The van der Waals surface area contributed by atoms with E-state index in [1.54, 1.807) is 0 Å². The van der Waals surface area contributed by atoms with E-state index in [4.69, 9.17) is 4.98 Å². The van der Waals surface area contributed by atoms with Gasteiger partial charge in [-0.1, -0.05) is 91.0 Å². The van der Waals surface area contributed by atoms with Crippen molar-refractivity contribution >= 4 is 0 Å². The van der Waals surface area contributed by atoms with Gasteiger partial charge in [-0.2, -0.15) is 0 Å². The van der Waals surface area contributed by atoms with Gasteiger partial charge in [-0.25, -0.2) is 4.98 Å². The molecule has 0 aliphatic heterocycles. The molecule has 0 amide bonds. The molecule has 0 atom stereocenters. The smallest absolute Gasteiger partial charge is 0.125 e. The van der Waals surface area contributed by atoms with Crippen LogP contribution in [0.2, 0.25) is 0 Å². The SMILES string of the molecule is OCCc1cnc(C(c2ccccc2)(c2ccccc2)c2ccccc2)[nH]1. The summed E-state index contributed by atoms with van der Waals surface area (Å²) in [6.45, 7) is 0.0939. The Morgan fingerprint density at radius 2 is 1.15 bits per heavy atom. The summed E-state index contributed by atoms with van der Waals surface area (Å²) >= 11 is 0. The summed E-state index contributed by atoms with van der Waals surface area (Å²) < 4.78 is 0. The van der Waals surface area contributed by atoms with E-state index in [0.717, 1.165) is 28.2 Å². The highest BCUT2D eigenvalue weighted by Gasteiger charge is 2.40. The van der Waals surface area contributed by atoms with E-state index in [1.807, 2.05) is 24.4 Å². The lowest BCUT2D eigenvalue weighted by atomic mass is 9.69. The minimum Gasteiger partial charge on any atom is -0.396 e. The first-order valence-corrected chi connectivity index (χ1v) is 9.17. The number of nitrogens with zero attached hydrogens (tertiary/aromatic N) is 1. The molecule has 0 fully saturated rings. The molecule has 134 valence electrons. The number of aromatic amines is 1. The van der Waals surface area contributed by atoms with Crippen LogP contribution in [0.15, 0.2) is 97.2 Å². The highest BCUT2D eigenvalue weighted by Crippen LogP contribution is 2.43. The third-order valence-electron chi connectivity index (χ3n) is 4.99. The summed E-state index contributed by atoms with van der Waals surface area (Å²) in [7, 11) is 0. The fraction of sp³-hybridized carbons (Fsp3) is 0.125. The zero-order chi connectivity index (χ0) is 18.5. The third kappa shape index (κ3) is 3.07. The van der Waals surface area contributed by atoms with Crippen molar-refractivity contribution < 1.29 is 5.11 Å². The maximum Gasteiger partial charge on any atom is 0.125 e. The van der Waals surface area contributed by atoms with Crippen LogP contribution in [0.25, 0.3) is 0 Å². The summed E-state index contributed by atoms with van der Waals surface area (Å²) in [5, 5.41) is 9.34. The number of H-pyrrole nitrogens is 1. The van der Waals surface area contributed by atoms with E-state index in [0.29, 0.717) is 6.42 Å². The van der Waals surface area contributed by atoms with Crippen LogP contribution in [0.3, 0.4) is 0 Å². The molecule has 1 aromatic heterocycles. The molecule has 0 aliphatic rings. The monoisotopic (exact) mass is 354 g/mol. The molecule has 0 unspecified atom stereocenters. The number of aromatic nitrogens is 2. The molecular formula is C24H22N2O. The topological polar surface area (TPSA) is 48.9 Å². The zero-order valence-corrected chi connectivity index (χ0v) is 15.0. The summed E-state index contributed by atoms with van der Waals surface area (Å²) in [6, 6.07) is 31.4. The molecule has 3 heteroatoms. The Morgan fingerprint density at radius 1 is 0.704 bits per heavy atom. The van der Waals surface area contributed by atoms with Crippen LogP contribution in [0.4, 0.5) is 0 Å². The molecular weight excluding hydrogens is 332 g/mol. The van der Waals surface area contributed by atoms with Gasteiger partial charge in [-0.3, -0.25) is 0 Å². The fourth-order valence-corrected chi connectivity index (χ4v) is 3.77. The minimum atomic E-state index is -0.558. The highest BCUT2D eigenvalue weighted by atomic mass is 16.3. The van der Waals surface area contributed by atoms with Gasteiger partial charge in [0, 0.05) is 24.9 Å². The van der Waals surface area contributed by atoms with E-state index >= 15 is 0 Å². The summed E-state index contributed by atoms with van der Waals surface area (Å²) in [5.41, 5.74) is 3.81. The molecule has 2 N–H and O–H groups in total. The second-order valence-electron chi connectivity index (χ2n) is 6.58. The van der Waals surface area contributed by atoms with Gasteiger partial charge in [-0.15, -0.1) is 0 Å². The lowest BCUT2D eigenvalue weighted by Crippen LogP contribution is -2.32. The second-order valence-corrected chi connectivity index (χ2v) is 6.58. The number of rotatable bonds is 6. The molecule has 0 saturated heterocycles. The molecule has 0 bridgehead atoms. The highest BCUT2D eigenvalue weighted by molar-refractivity contribution is 5.56. The Labute approximate surface area is 159 Å². The van der Waals surface area contributed by atoms with E-state index < -0.39 is 5.41 Å². The van der Waals surface area contributed by atoms with Crippen LogP contribution in [-0.2, 0) is 11.8 Å². The van der Waals surface area contributed by atoms with Gasteiger partial charge in [0.05, 0.1) is 0 Å². The van der Waals surface area contributed by atoms with Crippen molar-refractivity contribution in [2.75, 3.05) is 6.61 Å². The van der Waals surface area contributed by atoms with Crippen molar-refractivity contribution in [1.82, 2.24) is 9.97 Å². The molecule has 3 nitrogen and oxygen atoms in total. The van der Waals surface area contributed by atoms with Gasteiger partial charge in [0.1, 0.15) is 11.2 Å². The number of hydrogen-bond acceptors (Lipinski definition) is 2. The summed E-state index contributed by atoms with van der Waals surface area (Å²) in [4.78, 5) is 8.25. The van der Waals surface area contributed by atoms with E-state index in [1.165, 1.54) is 0 Å². The predicted molar refractivity (Wildman–Crippen MR) is 108 cm³/mol. The number of imidazole rings is 1. The second kappa shape index (κ2) is 7.60. The average Bonchev–Trinajstić information content (AvgIpc) is 3.20. The van der Waals surface area contributed by atoms with Crippen LogP contribution in [0.1, 0.15) is 28.2 Å². The molecule has 0 radical (unpaired) electrons. The Bertz CT molecular complexity index is 882. The number of hydrogen-bond donors (Lipinski definition) is 2. The van der Waals surface area contributed by atoms with Crippen molar-refractivity contribution in [3.05, 3.63) is 125 Å². The van der Waals surface area contributed by atoms with Gasteiger partial charge in [0.2, 0.25) is 0 Å². The van der Waals surface area contributed by atoms with Gasteiger partial charge in [-0.05, 0) is 16.7 Å². The van der Waals surface area contributed by atoms with Gasteiger partial charge >= 0.3 is 0 Å². The van der Waals surface area contributed by atoms with Gasteiger partial charge < -0.3 is 10.1 Å². The molecule has 1 heterocycles. The van der Waals surface area contributed by atoms with Crippen LogP contribution < -0.4 is 0 Å². The maximum absolute atomic E-state index is 9.34. The number of benzene rings is 3. The predicted octanol–water partition coefficient (Wildman–Crippen LogP) is 4.33. The molecule has 0 spiro atoms. The number of aliphatic hydroxyl groups is 1. The molecule has 27 heavy (non-hydrogen) atoms. The minimum absolute atomic E-state index is 0.0939. The Hall–Kier alpha value is -3.17. The quantitative estimate of drug-likeness (QED) is 0.507. The fourth-order valence-electron chi connectivity index (χ4n) is 3.77. The van der Waals surface area contributed by atoms with Crippen molar-refractivity contribution in [1.29, 1.82) is 0 Å². The third-order valence-corrected chi connectivity index (χ3v) is 4.99. The van der Waals surface area contributed by atoms with Crippen LogP contribution in [0.5, 0.6) is 0 Å². The van der Waals surface area contributed by atoms with E-state index in [-0.39, 0.29) is 6.61 Å². The normalized spacial score (nSPS) is 11.4. The summed E-state index contributed by atoms with van der Waals surface area (Å²) in [5.74, 6) is 0.856. The first-order chi connectivity index (χ1) is 13.4. The van der Waals surface area contributed by atoms with Gasteiger partial charge in [0.25, 0.3) is 0 Å². The largest absolute Gasteiger partial charge is 0.396 e. The first kappa shape index (κ1) is 17.3. The number of nitrogens with one attached hydrogen (secondary N) is 1. The molecule has 4 aromatic rings. The molecule has 3 aromatic carbocycles. The van der Waals surface area contributed by atoms with Crippen LogP contribution in [-0.4, -0.2) is 21.7 Å². The lowest BCUT2D eigenvalue weighted by molar-refractivity contribution is 0.298. The first-order valence-electron chi connectivity index (χ1n) is 9.17. The maximum atomic E-state index is 9.34. The average molecular weight is 354 g/mol. The Morgan fingerprint density at radius 3 is 1.56 bits per heavy atom. The van der Waals surface area contributed by atoms with Crippen LogP contribution in [0, 0.1) is 0 Å². The molecule has 0 aliphatic carbocycles. The van der Waals surface area contributed by atoms with E-state index in [9.17, 15) is 5.11 Å². The van der Waals surface area contributed by atoms with Crippen LogP contribution >= 0.6 is 0 Å². The van der Waals surface area contributed by atoms with Crippen molar-refractivity contribution in [3.63, 3.8) is 0 Å². The van der Waals surface area contributed by atoms with Gasteiger partial charge in [0.15, 0.2) is 0 Å².